The van der Waals surface area contributed by atoms with Crippen molar-refractivity contribution in [3.05, 3.63) is 59.0 Å². The number of aromatic nitrogens is 2. The molecular formula is C25H28N4O5. The van der Waals surface area contributed by atoms with Crippen molar-refractivity contribution in [2.75, 3.05) is 37.0 Å². The standard InChI is InChI=1S/C25H28N4O5/c1-3-34-24(31)17-12-14-28(15-13-17)23-20-6-4-5-7-21(20)29(25(32)27-23)16-22(30)26-18-8-10-19(33-2)11-9-18/h4-11,17H,3,12-16H2,1-2H3,(H,26,30). The lowest BCUT2D eigenvalue weighted by Crippen LogP contribution is -2.39. The summed E-state index contributed by atoms with van der Waals surface area (Å²) < 4.78 is 11.7. The Morgan fingerprint density at radius 3 is 2.47 bits per heavy atom. The van der Waals surface area contributed by atoms with E-state index in [-0.39, 0.29) is 24.3 Å². The molecule has 4 rings (SSSR count). The predicted molar refractivity (Wildman–Crippen MR) is 129 cm³/mol. The summed E-state index contributed by atoms with van der Waals surface area (Å²) in [4.78, 5) is 44.1. The first-order valence-corrected chi connectivity index (χ1v) is 11.3. The number of rotatable bonds is 7. The van der Waals surface area contributed by atoms with Crippen LogP contribution in [0.3, 0.4) is 0 Å². The second-order valence-corrected chi connectivity index (χ2v) is 8.11. The highest BCUT2D eigenvalue weighted by molar-refractivity contribution is 5.94. The van der Waals surface area contributed by atoms with Gasteiger partial charge in [0.05, 0.1) is 25.2 Å². The number of hydrogen-bond acceptors (Lipinski definition) is 7. The van der Waals surface area contributed by atoms with Crippen LogP contribution < -0.4 is 20.6 Å². The smallest absolute Gasteiger partial charge is 0.350 e. The number of nitrogens with zero attached hydrogens (tertiary/aromatic N) is 3. The van der Waals surface area contributed by atoms with E-state index >= 15 is 0 Å². The molecular weight excluding hydrogens is 436 g/mol. The molecule has 9 heteroatoms. The van der Waals surface area contributed by atoms with Crippen LogP contribution in [-0.4, -0.2) is 48.2 Å². The fourth-order valence-corrected chi connectivity index (χ4v) is 4.21. The molecule has 1 aliphatic rings. The minimum Gasteiger partial charge on any atom is -0.497 e. The van der Waals surface area contributed by atoms with Crippen LogP contribution in [0, 0.1) is 5.92 Å². The van der Waals surface area contributed by atoms with Gasteiger partial charge in [0.15, 0.2) is 0 Å². The second-order valence-electron chi connectivity index (χ2n) is 8.11. The Kier molecular flexibility index (Phi) is 7.10. The van der Waals surface area contributed by atoms with Crippen LogP contribution in [-0.2, 0) is 20.9 Å². The lowest BCUT2D eigenvalue weighted by atomic mass is 9.97. The summed E-state index contributed by atoms with van der Waals surface area (Å²) in [6.45, 7) is 3.21. The van der Waals surface area contributed by atoms with Gasteiger partial charge in [0, 0.05) is 24.2 Å². The summed E-state index contributed by atoms with van der Waals surface area (Å²) in [5.41, 5.74) is 0.748. The topological polar surface area (TPSA) is 103 Å². The van der Waals surface area contributed by atoms with Gasteiger partial charge >= 0.3 is 11.7 Å². The third-order valence-electron chi connectivity index (χ3n) is 5.96. The highest BCUT2D eigenvalue weighted by atomic mass is 16.5. The van der Waals surface area contributed by atoms with Gasteiger partial charge in [0.1, 0.15) is 18.1 Å². The van der Waals surface area contributed by atoms with E-state index < -0.39 is 5.69 Å². The van der Waals surface area contributed by atoms with E-state index in [0.717, 1.165) is 5.39 Å². The summed E-state index contributed by atoms with van der Waals surface area (Å²) in [6, 6.07) is 14.4. The molecule has 0 radical (unpaired) electrons. The molecule has 178 valence electrons. The maximum Gasteiger partial charge on any atom is 0.350 e. The molecule has 0 aliphatic carbocycles. The fraction of sp³-hybridized carbons (Fsp3) is 0.360. The number of nitrogens with one attached hydrogen (secondary N) is 1. The zero-order chi connectivity index (χ0) is 24.1. The van der Waals surface area contributed by atoms with Crippen LogP contribution in [0.2, 0.25) is 0 Å². The Balaban J connectivity index is 1.54. The first kappa shape index (κ1) is 23.3. The van der Waals surface area contributed by atoms with E-state index in [4.69, 9.17) is 9.47 Å². The minimum absolute atomic E-state index is 0.135. The van der Waals surface area contributed by atoms with Crippen LogP contribution in [0.4, 0.5) is 11.5 Å². The molecule has 1 aliphatic heterocycles. The van der Waals surface area contributed by atoms with E-state index in [1.54, 1.807) is 38.3 Å². The van der Waals surface area contributed by atoms with Gasteiger partial charge in [-0.25, -0.2) is 4.79 Å². The summed E-state index contributed by atoms with van der Waals surface area (Å²) in [6.07, 6.45) is 1.28. The second kappa shape index (κ2) is 10.4. The van der Waals surface area contributed by atoms with Crippen LogP contribution in [0.25, 0.3) is 10.9 Å². The molecule has 1 amide bonds. The molecule has 34 heavy (non-hydrogen) atoms. The first-order chi connectivity index (χ1) is 16.5. The van der Waals surface area contributed by atoms with E-state index in [1.807, 2.05) is 29.2 Å². The Bertz CT molecular complexity index is 1230. The number of piperidine rings is 1. The van der Waals surface area contributed by atoms with Crippen molar-refractivity contribution >= 4 is 34.3 Å². The van der Waals surface area contributed by atoms with Crippen molar-refractivity contribution < 1.29 is 19.1 Å². The monoisotopic (exact) mass is 464 g/mol. The maximum absolute atomic E-state index is 13.0. The van der Waals surface area contributed by atoms with Crippen LogP contribution in [0.5, 0.6) is 5.75 Å². The maximum atomic E-state index is 13.0. The van der Waals surface area contributed by atoms with Gasteiger partial charge < -0.3 is 19.7 Å². The third-order valence-corrected chi connectivity index (χ3v) is 5.96. The van der Waals surface area contributed by atoms with Crippen molar-refractivity contribution in [3.8, 4) is 5.75 Å². The highest BCUT2D eigenvalue weighted by Gasteiger charge is 2.28. The molecule has 0 atom stereocenters. The molecule has 0 saturated carbocycles. The molecule has 0 unspecified atom stereocenters. The number of methoxy groups -OCH3 is 1. The number of hydrogen-bond donors (Lipinski definition) is 1. The number of carbonyl (C=O) groups excluding carboxylic acids is 2. The lowest BCUT2D eigenvalue weighted by Gasteiger charge is -2.32. The molecule has 2 heterocycles. The average molecular weight is 465 g/mol. The van der Waals surface area contributed by atoms with E-state index in [9.17, 15) is 14.4 Å². The molecule has 1 N–H and O–H groups in total. The normalized spacial score (nSPS) is 14.1. The number of amides is 1. The Morgan fingerprint density at radius 1 is 1.09 bits per heavy atom. The van der Waals surface area contributed by atoms with E-state index in [1.165, 1.54) is 4.57 Å². The Morgan fingerprint density at radius 2 is 1.79 bits per heavy atom. The summed E-state index contributed by atoms with van der Waals surface area (Å²) >= 11 is 0. The van der Waals surface area contributed by atoms with Gasteiger partial charge in [-0.3, -0.25) is 14.2 Å². The molecule has 0 spiro atoms. The van der Waals surface area contributed by atoms with Gasteiger partial charge in [-0.05, 0) is 56.2 Å². The van der Waals surface area contributed by atoms with Crippen molar-refractivity contribution in [2.45, 2.75) is 26.3 Å². The highest BCUT2D eigenvalue weighted by Crippen LogP contribution is 2.28. The minimum atomic E-state index is -0.494. The number of esters is 1. The quantitative estimate of drug-likeness (QED) is 0.537. The molecule has 1 saturated heterocycles. The van der Waals surface area contributed by atoms with Crippen LogP contribution in [0.15, 0.2) is 53.3 Å². The zero-order valence-corrected chi connectivity index (χ0v) is 19.3. The number of para-hydroxylation sites is 1. The van der Waals surface area contributed by atoms with Gasteiger partial charge in [-0.15, -0.1) is 0 Å². The lowest BCUT2D eigenvalue weighted by molar-refractivity contribution is -0.148. The number of fused-ring (bicyclic) bond motifs is 1. The number of ether oxygens (including phenoxy) is 2. The molecule has 2 aromatic carbocycles. The number of carbonyl (C=O) groups is 2. The van der Waals surface area contributed by atoms with Crippen LogP contribution in [0.1, 0.15) is 19.8 Å². The molecule has 0 bridgehead atoms. The molecule has 3 aromatic rings. The van der Waals surface area contributed by atoms with Gasteiger partial charge in [-0.1, -0.05) is 12.1 Å². The van der Waals surface area contributed by atoms with E-state index in [2.05, 4.69) is 10.3 Å². The van der Waals surface area contributed by atoms with Gasteiger partial charge in [0.2, 0.25) is 5.91 Å². The Labute approximate surface area is 197 Å². The SMILES string of the molecule is CCOC(=O)C1CCN(c2nc(=O)n(CC(=O)Nc3ccc(OC)cc3)c3ccccc23)CC1. The van der Waals surface area contributed by atoms with Crippen molar-refractivity contribution in [2.24, 2.45) is 5.92 Å². The summed E-state index contributed by atoms with van der Waals surface area (Å²) in [5, 5.41) is 3.59. The summed E-state index contributed by atoms with van der Waals surface area (Å²) in [7, 11) is 1.57. The Hall–Kier alpha value is -3.88. The molecule has 9 nitrogen and oxygen atoms in total. The van der Waals surface area contributed by atoms with Gasteiger partial charge in [-0.2, -0.15) is 4.98 Å². The van der Waals surface area contributed by atoms with Crippen molar-refractivity contribution in [1.29, 1.82) is 0 Å². The van der Waals surface area contributed by atoms with Gasteiger partial charge in [0.25, 0.3) is 0 Å². The first-order valence-electron chi connectivity index (χ1n) is 11.3. The zero-order valence-electron chi connectivity index (χ0n) is 19.3. The molecule has 1 fully saturated rings. The van der Waals surface area contributed by atoms with E-state index in [0.29, 0.717) is 55.3 Å². The average Bonchev–Trinajstić information content (AvgIpc) is 2.86. The fourth-order valence-electron chi connectivity index (χ4n) is 4.21. The number of anilines is 2. The third kappa shape index (κ3) is 5.03. The van der Waals surface area contributed by atoms with Crippen molar-refractivity contribution in [3.63, 3.8) is 0 Å². The molecule has 1 aromatic heterocycles. The number of benzene rings is 2. The summed E-state index contributed by atoms with van der Waals surface area (Å²) in [5.74, 6) is 0.631. The van der Waals surface area contributed by atoms with Crippen LogP contribution >= 0.6 is 0 Å². The largest absolute Gasteiger partial charge is 0.497 e. The van der Waals surface area contributed by atoms with Crippen molar-refractivity contribution in [1.82, 2.24) is 9.55 Å². The predicted octanol–water partition coefficient (Wildman–Crippen LogP) is 2.82.